The van der Waals surface area contributed by atoms with E-state index in [1.54, 1.807) is 14.0 Å². The number of methoxy groups -OCH3 is 1. The second-order valence-electron chi connectivity index (χ2n) is 5.09. The Hall–Kier alpha value is -1.30. The molecule has 0 spiro atoms. The van der Waals surface area contributed by atoms with Gasteiger partial charge in [0.2, 0.25) is 0 Å². The fourth-order valence-corrected chi connectivity index (χ4v) is 2.33. The van der Waals surface area contributed by atoms with Gasteiger partial charge >= 0.3 is 12.0 Å². The molecule has 0 saturated heterocycles. The number of carboxylic acid groups (broad SMARTS) is 1. The molecule has 0 aromatic heterocycles. The van der Waals surface area contributed by atoms with Crippen molar-refractivity contribution in [2.24, 2.45) is 5.92 Å². The Morgan fingerprint density at radius 1 is 1.42 bits per heavy atom. The second kappa shape index (κ2) is 7.99. The smallest absolute Gasteiger partial charge is 0.315 e. The first-order valence-corrected chi connectivity index (χ1v) is 6.84. The van der Waals surface area contributed by atoms with Crippen molar-refractivity contribution in [3.05, 3.63) is 0 Å². The zero-order valence-corrected chi connectivity index (χ0v) is 11.6. The number of amides is 2. The lowest BCUT2D eigenvalue weighted by molar-refractivity contribution is -0.141. The summed E-state index contributed by atoms with van der Waals surface area (Å²) in [4.78, 5) is 22.3. The van der Waals surface area contributed by atoms with Gasteiger partial charge in [-0.25, -0.2) is 4.79 Å². The van der Waals surface area contributed by atoms with Crippen molar-refractivity contribution >= 4 is 12.0 Å². The van der Waals surface area contributed by atoms with Gasteiger partial charge in [0.05, 0.1) is 18.1 Å². The molecule has 3 atom stereocenters. The number of urea groups is 1. The predicted octanol–water partition coefficient (Wildman–Crippen LogP) is 1.35. The number of carboxylic acids is 1. The molecule has 0 radical (unpaired) electrons. The van der Waals surface area contributed by atoms with Crippen molar-refractivity contribution in [1.29, 1.82) is 0 Å². The van der Waals surface area contributed by atoms with Crippen LogP contribution in [0.25, 0.3) is 0 Å². The van der Waals surface area contributed by atoms with Gasteiger partial charge in [-0.2, -0.15) is 0 Å². The molecule has 3 N–H and O–H groups in total. The molecular weight excluding hydrogens is 248 g/mol. The summed E-state index contributed by atoms with van der Waals surface area (Å²) in [7, 11) is 1.66. The lowest BCUT2D eigenvalue weighted by atomic mass is 10.1. The molecule has 0 aromatic carbocycles. The zero-order valence-electron chi connectivity index (χ0n) is 11.6. The number of ether oxygens (including phenoxy) is 1. The highest BCUT2D eigenvalue weighted by molar-refractivity contribution is 5.74. The number of hydrogen-bond acceptors (Lipinski definition) is 3. The van der Waals surface area contributed by atoms with Crippen LogP contribution in [0.4, 0.5) is 4.79 Å². The van der Waals surface area contributed by atoms with Crippen molar-refractivity contribution in [3.63, 3.8) is 0 Å². The minimum Gasteiger partial charge on any atom is -0.481 e. The summed E-state index contributed by atoms with van der Waals surface area (Å²) in [6.07, 6.45) is 4.34. The Kier molecular flexibility index (Phi) is 6.62. The van der Waals surface area contributed by atoms with Gasteiger partial charge in [0, 0.05) is 13.7 Å². The topological polar surface area (TPSA) is 87.7 Å². The first kappa shape index (κ1) is 15.8. The average Bonchev–Trinajstić information content (AvgIpc) is 2.81. The fourth-order valence-electron chi connectivity index (χ4n) is 2.33. The van der Waals surface area contributed by atoms with E-state index in [4.69, 9.17) is 9.84 Å². The first-order valence-electron chi connectivity index (χ1n) is 6.84. The highest BCUT2D eigenvalue weighted by atomic mass is 16.5. The Morgan fingerprint density at radius 3 is 2.79 bits per heavy atom. The van der Waals surface area contributed by atoms with Gasteiger partial charge in [-0.05, 0) is 32.1 Å². The number of rotatable bonds is 7. The molecule has 0 aromatic rings. The summed E-state index contributed by atoms with van der Waals surface area (Å²) in [5, 5.41) is 14.4. The molecule has 0 heterocycles. The standard InChI is InChI=1S/C13H24N2O4/c1-9(12(16)17)5-4-8-14-13(18)15-10-6-3-7-11(10)19-2/h9-11H,3-8H2,1-2H3,(H,16,17)(H2,14,15,18). The summed E-state index contributed by atoms with van der Waals surface area (Å²) < 4.78 is 5.30. The van der Waals surface area contributed by atoms with Crippen molar-refractivity contribution in [2.75, 3.05) is 13.7 Å². The molecule has 1 fully saturated rings. The molecule has 0 aliphatic heterocycles. The average molecular weight is 272 g/mol. The van der Waals surface area contributed by atoms with Crippen LogP contribution < -0.4 is 10.6 Å². The number of carbonyl (C=O) groups excluding carboxylic acids is 1. The van der Waals surface area contributed by atoms with Gasteiger partial charge in [-0.1, -0.05) is 6.92 Å². The molecule has 19 heavy (non-hydrogen) atoms. The van der Waals surface area contributed by atoms with Gasteiger partial charge in [0.15, 0.2) is 0 Å². The largest absolute Gasteiger partial charge is 0.481 e. The van der Waals surface area contributed by atoms with E-state index >= 15 is 0 Å². The highest BCUT2D eigenvalue weighted by Gasteiger charge is 2.28. The summed E-state index contributed by atoms with van der Waals surface area (Å²) in [5.41, 5.74) is 0. The van der Waals surface area contributed by atoms with Crippen LogP contribution in [0.1, 0.15) is 39.0 Å². The maximum absolute atomic E-state index is 11.6. The Balaban J connectivity index is 2.13. The van der Waals surface area contributed by atoms with E-state index in [0.29, 0.717) is 19.4 Å². The summed E-state index contributed by atoms with van der Waals surface area (Å²) in [6, 6.07) is -0.111. The molecule has 2 amide bonds. The molecule has 3 unspecified atom stereocenters. The Morgan fingerprint density at radius 2 is 2.16 bits per heavy atom. The van der Waals surface area contributed by atoms with Gasteiger partial charge in [0.1, 0.15) is 0 Å². The van der Waals surface area contributed by atoms with E-state index < -0.39 is 5.97 Å². The van der Waals surface area contributed by atoms with E-state index in [-0.39, 0.29) is 24.1 Å². The molecular formula is C13H24N2O4. The predicted molar refractivity (Wildman–Crippen MR) is 71.0 cm³/mol. The van der Waals surface area contributed by atoms with E-state index in [9.17, 15) is 9.59 Å². The van der Waals surface area contributed by atoms with Crippen LogP contribution in [0.2, 0.25) is 0 Å². The summed E-state index contributed by atoms with van der Waals surface area (Å²) in [5.74, 6) is -1.16. The lowest BCUT2D eigenvalue weighted by Gasteiger charge is -2.19. The molecule has 6 heteroatoms. The first-order chi connectivity index (χ1) is 9.04. The lowest BCUT2D eigenvalue weighted by Crippen LogP contribution is -2.46. The van der Waals surface area contributed by atoms with Crippen LogP contribution in [0.5, 0.6) is 0 Å². The summed E-state index contributed by atoms with van der Waals surface area (Å²) in [6.45, 7) is 2.16. The van der Waals surface area contributed by atoms with Gasteiger partial charge < -0.3 is 20.5 Å². The van der Waals surface area contributed by atoms with Crippen LogP contribution in [0.3, 0.4) is 0 Å². The van der Waals surface area contributed by atoms with Crippen molar-refractivity contribution in [1.82, 2.24) is 10.6 Å². The number of aliphatic carboxylic acids is 1. The molecule has 1 rings (SSSR count). The Bertz CT molecular complexity index is 309. The zero-order chi connectivity index (χ0) is 14.3. The van der Waals surface area contributed by atoms with Gasteiger partial charge in [0.25, 0.3) is 0 Å². The monoisotopic (exact) mass is 272 g/mol. The van der Waals surface area contributed by atoms with Crippen LogP contribution in [0, 0.1) is 5.92 Å². The third-order valence-electron chi connectivity index (χ3n) is 3.59. The Labute approximate surface area is 113 Å². The van der Waals surface area contributed by atoms with Crippen LogP contribution in [-0.2, 0) is 9.53 Å². The molecule has 110 valence electrons. The molecule has 0 bridgehead atoms. The van der Waals surface area contributed by atoms with Crippen LogP contribution in [-0.4, -0.2) is 42.9 Å². The van der Waals surface area contributed by atoms with Crippen LogP contribution >= 0.6 is 0 Å². The molecule has 1 aliphatic rings. The third-order valence-corrected chi connectivity index (χ3v) is 3.59. The van der Waals surface area contributed by atoms with E-state index in [1.165, 1.54) is 0 Å². The quantitative estimate of drug-likeness (QED) is 0.610. The number of carbonyl (C=O) groups is 2. The maximum atomic E-state index is 11.6. The highest BCUT2D eigenvalue weighted by Crippen LogP contribution is 2.21. The minimum absolute atomic E-state index is 0.0861. The second-order valence-corrected chi connectivity index (χ2v) is 5.09. The van der Waals surface area contributed by atoms with Crippen LogP contribution in [0.15, 0.2) is 0 Å². The summed E-state index contributed by atoms with van der Waals surface area (Å²) >= 11 is 0. The maximum Gasteiger partial charge on any atom is 0.315 e. The molecule has 6 nitrogen and oxygen atoms in total. The van der Waals surface area contributed by atoms with Gasteiger partial charge in [-0.3, -0.25) is 4.79 Å². The number of nitrogens with one attached hydrogen (secondary N) is 2. The van der Waals surface area contributed by atoms with Crippen molar-refractivity contribution in [3.8, 4) is 0 Å². The third kappa shape index (κ3) is 5.46. The molecule has 1 saturated carbocycles. The van der Waals surface area contributed by atoms with E-state index in [1.807, 2.05) is 0 Å². The number of hydrogen-bond donors (Lipinski definition) is 3. The normalized spacial score (nSPS) is 23.9. The SMILES string of the molecule is COC1CCCC1NC(=O)NCCCC(C)C(=O)O. The van der Waals surface area contributed by atoms with E-state index in [2.05, 4.69) is 10.6 Å². The molecule has 1 aliphatic carbocycles. The van der Waals surface area contributed by atoms with Crippen molar-refractivity contribution in [2.45, 2.75) is 51.2 Å². The van der Waals surface area contributed by atoms with Gasteiger partial charge in [-0.15, -0.1) is 0 Å². The van der Waals surface area contributed by atoms with E-state index in [0.717, 1.165) is 19.3 Å². The fraction of sp³-hybridized carbons (Fsp3) is 0.846. The van der Waals surface area contributed by atoms with Crippen molar-refractivity contribution < 1.29 is 19.4 Å². The minimum atomic E-state index is -0.793.